The van der Waals surface area contributed by atoms with Crippen LogP contribution in [0.1, 0.15) is 35.4 Å². The predicted molar refractivity (Wildman–Crippen MR) is 79.4 cm³/mol. The maximum absolute atomic E-state index is 14.1. The van der Waals surface area contributed by atoms with Crippen LogP contribution in [0.5, 0.6) is 0 Å². The topological polar surface area (TPSA) is 12.0 Å². The Labute approximate surface area is 114 Å². The van der Waals surface area contributed by atoms with Crippen molar-refractivity contribution >= 4 is 18.3 Å². The van der Waals surface area contributed by atoms with Crippen molar-refractivity contribution in [2.24, 2.45) is 0 Å². The van der Waals surface area contributed by atoms with Crippen molar-refractivity contribution in [3.05, 3.63) is 40.7 Å². The van der Waals surface area contributed by atoms with Gasteiger partial charge in [-0.1, -0.05) is 6.07 Å². The average Bonchev–Trinajstić information content (AvgIpc) is 2.34. The van der Waals surface area contributed by atoms with E-state index in [4.69, 9.17) is 0 Å². The Morgan fingerprint density at radius 2 is 1.94 bits per heavy atom. The Morgan fingerprint density at radius 1 is 1.22 bits per heavy atom. The van der Waals surface area contributed by atoms with Gasteiger partial charge in [0.2, 0.25) is 0 Å². The summed E-state index contributed by atoms with van der Waals surface area (Å²) in [6.45, 7) is 4.15. The van der Waals surface area contributed by atoms with Gasteiger partial charge in [0.25, 0.3) is 0 Å². The second-order valence-corrected chi connectivity index (χ2v) is 5.61. The van der Waals surface area contributed by atoms with E-state index >= 15 is 0 Å². The van der Waals surface area contributed by atoms with Crippen LogP contribution in [0.2, 0.25) is 0 Å². The second kappa shape index (κ2) is 5.35. The lowest BCUT2D eigenvalue weighted by Crippen LogP contribution is -2.12. The minimum absolute atomic E-state index is 0.0269. The molecule has 98 valence electrons. The zero-order chi connectivity index (χ0) is 13.3. The molecule has 0 aliphatic heterocycles. The molecular formula is C15H20FNS. The highest BCUT2D eigenvalue weighted by atomic mass is 32.1. The fraction of sp³-hybridized carbons (Fsp3) is 0.467. The zero-order valence-corrected chi connectivity index (χ0v) is 12.0. The van der Waals surface area contributed by atoms with Crippen LogP contribution in [0.3, 0.4) is 0 Å². The normalized spacial score (nSPS) is 23.7. The van der Waals surface area contributed by atoms with E-state index in [2.05, 4.69) is 31.8 Å². The Balaban J connectivity index is 2.41. The molecule has 0 saturated heterocycles. The Morgan fingerprint density at radius 3 is 2.56 bits per heavy atom. The summed E-state index contributed by atoms with van der Waals surface area (Å²) in [5, 5.41) is 3.23. The van der Waals surface area contributed by atoms with Gasteiger partial charge in [0.15, 0.2) is 0 Å². The lowest BCUT2D eigenvalue weighted by atomic mass is 9.84. The molecule has 0 saturated carbocycles. The van der Waals surface area contributed by atoms with Crippen molar-refractivity contribution in [1.82, 2.24) is 0 Å². The molecule has 0 aromatic heterocycles. The molecule has 0 bridgehead atoms. The number of hydrogen-bond donors (Lipinski definition) is 2. The maximum atomic E-state index is 14.1. The van der Waals surface area contributed by atoms with Crippen molar-refractivity contribution in [2.45, 2.75) is 37.9 Å². The van der Waals surface area contributed by atoms with Gasteiger partial charge in [-0.3, -0.25) is 0 Å². The maximum Gasteiger partial charge on any atom is 0.105 e. The number of hydrogen-bond acceptors (Lipinski definition) is 2. The molecule has 1 aliphatic rings. The van der Waals surface area contributed by atoms with Crippen LogP contribution in [0, 0.1) is 13.8 Å². The van der Waals surface area contributed by atoms with Crippen molar-refractivity contribution < 1.29 is 4.39 Å². The van der Waals surface area contributed by atoms with Crippen molar-refractivity contribution in [1.29, 1.82) is 0 Å². The van der Waals surface area contributed by atoms with E-state index in [-0.39, 0.29) is 17.0 Å². The average molecular weight is 265 g/mol. The van der Waals surface area contributed by atoms with Crippen molar-refractivity contribution in [3.8, 4) is 0 Å². The van der Waals surface area contributed by atoms with Crippen molar-refractivity contribution in [2.75, 3.05) is 12.4 Å². The molecular weight excluding hydrogens is 245 g/mol. The van der Waals surface area contributed by atoms with E-state index in [0.717, 1.165) is 24.1 Å². The van der Waals surface area contributed by atoms with Gasteiger partial charge in [-0.05, 0) is 55.5 Å². The van der Waals surface area contributed by atoms with E-state index in [0.29, 0.717) is 0 Å². The summed E-state index contributed by atoms with van der Waals surface area (Å²) in [7, 11) is 1.91. The van der Waals surface area contributed by atoms with E-state index in [1.165, 1.54) is 11.1 Å². The summed E-state index contributed by atoms with van der Waals surface area (Å²) in [4.78, 5) is 0. The van der Waals surface area contributed by atoms with Gasteiger partial charge in [0.05, 0.1) is 0 Å². The molecule has 0 radical (unpaired) electrons. The van der Waals surface area contributed by atoms with Gasteiger partial charge < -0.3 is 5.32 Å². The predicted octanol–water partition coefficient (Wildman–Crippen LogP) is 4.37. The monoisotopic (exact) mass is 265 g/mol. The lowest BCUT2D eigenvalue weighted by Gasteiger charge is -2.25. The van der Waals surface area contributed by atoms with Gasteiger partial charge in [0.1, 0.15) is 5.83 Å². The number of halogens is 1. The first kappa shape index (κ1) is 13.5. The number of anilines is 1. The fourth-order valence-corrected chi connectivity index (χ4v) is 2.94. The van der Waals surface area contributed by atoms with Gasteiger partial charge in [-0.15, -0.1) is 0 Å². The Hall–Kier alpha value is -0.960. The van der Waals surface area contributed by atoms with E-state index in [1.54, 1.807) is 6.08 Å². The van der Waals surface area contributed by atoms with E-state index in [1.807, 2.05) is 19.2 Å². The molecule has 2 atom stereocenters. The highest BCUT2D eigenvalue weighted by Crippen LogP contribution is 2.39. The molecule has 1 nitrogen and oxygen atoms in total. The largest absolute Gasteiger partial charge is 0.388 e. The third-order valence-electron chi connectivity index (χ3n) is 3.91. The molecule has 0 fully saturated rings. The summed E-state index contributed by atoms with van der Waals surface area (Å²) in [5.74, 6) is -0.112. The minimum Gasteiger partial charge on any atom is -0.388 e. The molecule has 3 heteroatoms. The molecule has 0 spiro atoms. The van der Waals surface area contributed by atoms with Gasteiger partial charge >= 0.3 is 0 Å². The third kappa shape index (κ3) is 2.41. The number of allylic oxidation sites excluding steroid dienone is 1. The Bertz CT molecular complexity index is 482. The highest BCUT2D eigenvalue weighted by molar-refractivity contribution is 7.81. The third-order valence-corrected chi connectivity index (χ3v) is 4.32. The first-order valence-corrected chi connectivity index (χ1v) is 6.89. The van der Waals surface area contributed by atoms with E-state index < -0.39 is 0 Å². The molecule has 1 aliphatic carbocycles. The van der Waals surface area contributed by atoms with Crippen LogP contribution < -0.4 is 5.32 Å². The lowest BCUT2D eigenvalue weighted by molar-refractivity contribution is 0.485. The molecule has 2 rings (SSSR count). The van der Waals surface area contributed by atoms with E-state index in [9.17, 15) is 4.39 Å². The number of benzene rings is 1. The number of rotatable bonds is 2. The Kier molecular flexibility index (Phi) is 4.00. The summed E-state index contributed by atoms with van der Waals surface area (Å²) in [6.07, 6.45) is 3.43. The highest BCUT2D eigenvalue weighted by Gasteiger charge is 2.25. The molecule has 0 amide bonds. The standard InChI is InChI=1S/C15H20FNS/c1-9-10(2)15(17-3)7-6-12(9)13-5-4-11(18)8-14(13)16/h6-8,11,13,17-18H,4-5H2,1-3H3. The molecule has 2 unspecified atom stereocenters. The van der Waals surface area contributed by atoms with Gasteiger partial charge in [-0.25, -0.2) is 4.39 Å². The number of thiol groups is 1. The smallest absolute Gasteiger partial charge is 0.105 e. The van der Waals surface area contributed by atoms with Crippen LogP contribution in [0.4, 0.5) is 10.1 Å². The first-order chi connectivity index (χ1) is 8.54. The van der Waals surface area contributed by atoms with Gasteiger partial charge in [-0.2, -0.15) is 12.6 Å². The fourth-order valence-electron chi connectivity index (χ4n) is 2.65. The van der Waals surface area contributed by atoms with Gasteiger partial charge in [0, 0.05) is 23.9 Å². The molecule has 1 aromatic rings. The first-order valence-electron chi connectivity index (χ1n) is 6.37. The zero-order valence-electron chi connectivity index (χ0n) is 11.1. The molecule has 18 heavy (non-hydrogen) atoms. The van der Waals surface area contributed by atoms with Crippen LogP contribution >= 0.6 is 12.6 Å². The molecule has 1 N–H and O–H groups in total. The second-order valence-electron chi connectivity index (χ2n) is 4.95. The molecule has 1 aromatic carbocycles. The minimum atomic E-state index is -0.0852. The SMILES string of the molecule is CNc1ccc(C2CCC(S)C=C2F)c(C)c1C. The van der Waals surface area contributed by atoms with Crippen molar-refractivity contribution in [3.63, 3.8) is 0 Å². The summed E-state index contributed by atoms with van der Waals surface area (Å²) in [6, 6.07) is 4.09. The molecule has 0 heterocycles. The van der Waals surface area contributed by atoms with Crippen LogP contribution in [-0.4, -0.2) is 12.3 Å². The van der Waals surface area contributed by atoms with Crippen LogP contribution in [0.25, 0.3) is 0 Å². The van der Waals surface area contributed by atoms with Crippen LogP contribution in [-0.2, 0) is 0 Å². The quantitative estimate of drug-likeness (QED) is 0.756. The number of nitrogens with one attached hydrogen (secondary N) is 1. The summed E-state index contributed by atoms with van der Waals surface area (Å²) in [5.41, 5.74) is 4.62. The van der Waals surface area contributed by atoms with Crippen LogP contribution in [0.15, 0.2) is 24.0 Å². The summed E-state index contributed by atoms with van der Waals surface area (Å²) >= 11 is 4.32. The summed E-state index contributed by atoms with van der Waals surface area (Å²) < 4.78 is 14.1.